The van der Waals surface area contributed by atoms with Crippen molar-refractivity contribution in [1.82, 2.24) is 39.3 Å². The molecule has 5 aromatic rings. The molecule has 4 heterocycles. The zero-order valence-corrected chi connectivity index (χ0v) is 20.9. The third kappa shape index (κ3) is 4.15. The van der Waals surface area contributed by atoms with Gasteiger partial charge in [-0.15, -0.1) is 0 Å². The lowest BCUT2D eigenvalue weighted by Gasteiger charge is -2.12. The summed E-state index contributed by atoms with van der Waals surface area (Å²) < 4.78 is 48.1. The van der Waals surface area contributed by atoms with Gasteiger partial charge in [-0.1, -0.05) is 12.1 Å². The van der Waals surface area contributed by atoms with Gasteiger partial charge in [0, 0.05) is 31.1 Å². The van der Waals surface area contributed by atoms with Gasteiger partial charge in [-0.3, -0.25) is 0 Å². The molecular weight excluding hydrogens is 497 g/mol. The van der Waals surface area contributed by atoms with E-state index in [0.29, 0.717) is 40.5 Å². The van der Waals surface area contributed by atoms with Gasteiger partial charge in [0.2, 0.25) is 5.88 Å². The van der Waals surface area contributed by atoms with Crippen LogP contribution in [-0.4, -0.2) is 46.4 Å². The van der Waals surface area contributed by atoms with Crippen LogP contribution in [0.1, 0.15) is 47.0 Å². The van der Waals surface area contributed by atoms with Gasteiger partial charge in [-0.2, -0.15) is 23.3 Å². The first-order valence-electron chi connectivity index (χ1n) is 12.0. The molecule has 1 saturated carbocycles. The van der Waals surface area contributed by atoms with E-state index in [0.717, 1.165) is 41.6 Å². The van der Waals surface area contributed by atoms with Gasteiger partial charge < -0.3 is 9.30 Å². The highest BCUT2D eigenvalue weighted by Crippen LogP contribution is 2.44. The van der Waals surface area contributed by atoms with Crippen molar-refractivity contribution in [2.75, 3.05) is 7.11 Å². The van der Waals surface area contributed by atoms with Gasteiger partial charge in [0.05, 0.1) is 24.7 Å². The van der Waals surface area contributed by atoms with Crippen molar-refractivity contribution in [3.05, 3.63) is 71.5 Å². The third-order valence-electron chi connectivity index (χ3n) is 6.73. The third-order valence-corrected chi connectivity index (χ3v) is 6.73. The number of alkyl halides is 3. The van der Waals surface area contributed by atoms with Crippen LogP contribution in [0.25, 0.3) is 28.1 Å². The first kappa shape index (κ1) is 24.0. The summed E-state index contributed by atoms with van der Waals surface area (Å²) in [6.07, 6.45) is 3.72. The average molecular weight is 521 g/mol. The van der Waals surface area contributed by atoms with Gasteiger partial charge in [0.15, 0.2) is 5.69 Å². The maximum atomic E-state index is 13.1. The Morgan fingerprint density at radius 2 is 1.92 bits per heavy atom. The number of ether oxygens (including phenoxy) is 1. The molecule has 0 N–H and O–H groups in total. The van der Waals surface area contributed by atoms with Crippen molar-refractivity contribution in [3.63, 3.8) is 0 Å². The number of methoxy groups -OCH3 is 1. The topological polar surface area (TPSA) is 96.4 Å². The first-order valence-corrected chi connectivity index (χ1v) is 12.0. The van der Waals surface area contributed by atoms with E-state index in [-0.39, 0.29) is 5.82 Å². The van der Waals surface area contributed by atoms with Crippen molar-refractivity contribution in [2.24, 2.45) is 7.05 Å². The highest BCUT2D eigenvalue weighted by Gasteiger charge is 2.35. The normalized spacial score (nSPS) is 13.8. The molecule has 38 heavy (non-hydrogen) atoms. The van der Waals surface area contributed by atoms with E-state index < -0.39 is 11.9 Å². The lowest BCUT2D eigenvalue weighted by atomic mass is 10.0. The molecule has 12 heteroatoms. The summed E-state index contributed by atoms with van der Waals surface area (Å²) in [5, 5.41) is 4.91. The summed E-state index contributed by atoms with van der Waals surface area (Å²) >= 11 is 0. The monoisotopic (exact) mass is 520 g/mol. The second kappa shape index (κ2) is 8.89. The van der Waals surface area contributed by atoms with Crippen LogP contribution in [0.5, 0.6) is 5.88 Å². The number of aryl methyl sites for hydroxylation is 2. The van der Waals surface area contributed by atoms with E-state index in [4.69, 9.17) is 9.84 Å². The summed E-state index contributed by atoms with van der Waals surface area (Å²) in [5.74, 6) is 1.00. The largest absolute Gasteiger partial charge is 0.479 e. The smallest absolute Gasteiger partial charge is 0.434 e. The average Bonchev–Trinajstić information content (AvgIpc) is 3.58. The minimum atomic E-state index is -4.50. The number of halogens is 3. The molecule has 0 radical (unpaired) electrons. The quantitative estimate of drug-likeness (QED) is 0.317. The van der Waals surface area contributed by atoms with Crippen LogP contribution in [0.4, 0.5) is 13.2 Å². The van der Waals surface area contributed by atoms with E-state index >= 15 is 0 Å². The molecule has 0 bridgehead atoms. The Morgan fingerprint density at radius 1 is 1.11 bits per heavy atom. The number of hydrogen-bond acceptors (Lipinski definition) is 7. The maximum Gasteiger partial charge on any atom is 0.434 e. The highest BCUT2D eigenvalue weighted by atomic mass is 19.4. The van der Waals surface area contributed by atoms with Crippen LogP contribution in [0, 0.1) is 6.92 Å². The molecule has 0 atom stereocenters. The number of rotatable bonds is 6. The molecular formula is C26H23F3N8O. The lowest BCUT2D eigenvalue weighted by Crippen LogP contribution is -2.08. The van der Waals surface area contributed by atoms with E-state index in [1.54, 1.807) is 31.1 Å². The van der Waals surface area contributed by atoms with Gasteiger partial charge >= 0.3 is 6.18 Å². The maximum absolute atomic E-state index is 13.1. The molecule has 0 aliphatic heterocycles. The van der Waals surface area contributed by atoms with Crippen molar-refractivity contribution in [1.29, 1.82) is 0 Å². The molecule has 1 aliphatic carbocycles. The van der Waals surface area contributed by atoms with E-state index in [1.807, 2.05) is 19.1 Å². The fraction of sp³-hybridized carbons (Fsp3) is 0.308. The van der Waals surface area contributed by atoms with Crippen LogP contribution >= 0.6 is 0 Å². The summed E-state index contributed by atoms with van der Waals surface area (Å²) in [5.41, 5.74) is 5.23. The van der Waals surface area contributed by atoms with Gasteiger partial charge in [-0.05, 0) is 37.0 Å². The molecule has 0 amide bonds. The van der Waals surface area contributed by atoms with E-state index in [9.17, 15) is 13.2 Å². The minimum absolute atomic E-state index is 0.248. The Bertz CT molecular complexity index is 1670. The number of hydrogen-bond donors (Lipinski definition) is 0. The van der Waals surface area contributed by atoms with Crippen LogP contribution in [0.2, 0.25) is 0 Å². The molecule has 1 fully saturated rings. The van der Waals surface area contributed by atoms with E-state index in [1.165, 1.54) is 17.2 Å². The Kier molecular flexibility index (Phi) is 5.62. The zero-order chi connectivity index (χ0) is 26.6. The van der Waals surface area contributed by atoms with Crippen molar-refractivity contribution < 1.29 is 17.9 Å². The standard InChI is InChI=1S/C26H23F3N8O/c1-14-8-17(24-34-20(11-36(24)2)26(27,28)29)7-6-16(14)9-18-22-19(10-30-12-31-22)37(35-18)23-21(15-4-5-15)32-13-33-25(23)38-3/h6-8,10-13,15H,4-5,9H2,1-3H3. The number of aromatic nitrogens is 8. The fourth-order valence-electron chi connectivity index (χ4n) is 4.68. The molecule has 194 valence electrons. The molecule has 0 spiro atoms. The summed E-state index contributed by atoms with van der Waals surface area (Å²) in [4.78, 5) is 21.4. The highest BCUT2D eigenvalue weighted by molar-refractivity contribution is 5.79. The number of fused-ring (bicyclic) bond motifs is 1. The first-order chi connectivity index (χ1) is 18.2. The van der Waals surface area contributed by atoms with Gasteiger partial charge in [0.25, 0.3) is 0 Å². The van der Waals surface area contributed by atoms with Crippen LogP contribution in [-0.2, 0) is 19.6 Å². The molecule has 1 aromatic carbocycles. The molecule has 0 saturated heterocycles. The molecule has 4 aromatic heterocycles. The predicted molar refractivity (Wildman–Crippen MR) is 132 cm³/mol. The fourth-order valence-corrected chi connectivity index (χ4v) is 4.68. The van der Waals surface area contributed by atoms with Crippen molar-refractivity contribution in [2.45, 2.75) is 38.3 Å². The number of nitrogens with zero attached hydrogens (tertiary/aromatic N) is 8. The summed E-state index contributed by atoms with van der Waals surface area (Å²) in [6.45, 7) is 1.92. The predicted octanol–water partition coefficient (Wildman–Crippen LogP) is 4.81. The Labute approximate surface area is 215 Å². The molecule has 9 nitrogen and oxygen atoms in total. The van der Waals surface area contributed by atoms with Crippen molar-refractivity contribution >= 4 is 11.0 Å². The summed E-state index contributed by atoms with van der Waals surface area (Å²) in [6, 6.07) is 5.50. The minimum Gasteiger partial charge on any atom is -0.479 e. The lowest BCUT2D eigenvalue weighted by molar-refractivity contribution is -0.140. The molecule has 6 rings (SSSR count). The zero-order valence-electron chi connectivity index (χ0n) is 20.9. The Balaban J connectivity index is 1.40. The number of benzene rings is 1. The number of imidazole rings is 1. The van der Waals surface area contributed by atoms with E-state index in [2.05, 4.69) is 24.9 Å². The van der Waals surface area contributed by atoms with Gasteiger partial charge in [0.1, 0.15) is 35.2 Å². The van der Waals surface area contributed by atoms with Crippen molar-refractivity contribution in [3.8, 4) is 23.0 Å². The molecule has 0 unspecified atom stereocenters. The molecule has 1 aliphatic rings. The SMILES string of the molecule is COc1ncnc(C2CC2)c1-n1nc(Cc2ccc(-c3nc(C(F)(F)F)cn3C)cc2C)c2ncncc21. The second-order valence-electron chi connectivity index (χ2n) is 9.38. The second-order valence-corrected chi connectivity index (χ2v) is 9.38. The van der Waals surface area contributed by atoms with Crippen LogP contribution in [0.3, 0.4) is 0 Å². The van der Waals surface area contributed by atoms with Crippen LogP contribution in [0.15, 0.2) is 43.2 Å². The van der Waals surface area contributed by atoms with Crippen LogP contribution < -0.4 is 4.74 Å². The summed E-state index contributed by atoms with van der Waals surface area (Å²) in [7, 11) is 3.12. The Hall–Kier alpha value is -4.35. The van der Waals surface area contributed by atoms with Gasteiger partial charge in [-0.25, -0.2) is 24.6 Å². The Morgan fingerprint density at radius 3 is 2.61 bits per heavy atom.